The van der Waals surface area contributed by atoms with Crippen LogP contribution in [0.2, 0.25) is 0 Å². The molecule has 1 aromatic carbocycles. The van der Waals surface area contributed by atoms with Crippen LogP contribution in [0, 0.1) is 0 Å². The molecular weight excluding hydrogens is 609 g/mol. The molecule has 47 heavy (non-hydrogen) atoms. The van der Waals surface area contributed by atoms with E-state index in [-0.39, 0.29) is 6.54 Å². The van der Waals surface area contributed by atoms with E-state index in [1.807, 2.05) is 11.0 Å². The van der Waals surface area contributed by atoms with Gasteiger partial charge in [0.05, 0.1) is 6.54 Å². The number of nitrogens with two attached hydrogens (primary N) is 1. The molecule has 1 fully saturated rings. The third-order valence-electron chi connectivity index (χ3n) is 8.08. The van der Waals surface area contributed by atoms with Gasteiger partial charge in [-0.25, -0.2) is 19.7 Å². The standard InChI is InChI=1S/C20H31N3.C14H14F3N5O2/c1-2-3-4-5-6-7-8-9-13-22-16-17-10-11-19-18(15-17)12-14-23-20(19)21;15-14(16,17)11-10(12(23)24)8-22(20-11)7-9-5-18-13(19-6-9)21-3-1-2-4-21/h10-12,14-15,22H,2-9,13,16H2,1H3,(H2,21,23);5-6,8H,1-4,7H2,(H,23,24). The number of halogens is 3. The van der Waals surface area contributed by atoms with Crippen molar-refractivity contribution < 1.29 is 23.1 Å². The number of anilines is 2. The predicted octanol–water partition coefficient (Wildman–Crippen LogP) is 7.09. The first-order valence-corrected chi connectivity index (χ1v) is 16.4. The van der Waals surface area contributed by atoms with E-state index in [4.69, 9.17) is 10.8 Å². The predicted molar refractivity (Wildman–Crippen MR) is 177 cm³/mol. The first-order chi connectivity index (χ1) is 22.7. The van der Waals surface area contributed by atoms with Crippen LogP contribution >= 0.6 is 0 Å². The fraction of sp³-hybridized carbons (Fsp3) is 0.500. The summed E-state index contributed by atoms with van der Waals surface area (Å²) >= 11 is 0. The Labute approximate surface area is 273 Å². The van der Waals surface area contributed by atoms with Gasteiger partial charge >= 0.3 is 12.1 Å². The van der Waals surface area contributed by atoms with Crippen molar-refractivity contribution in [3.05, 3.63) is 71.4 Å². The van der Waals surface area contributed by atoms with Crippen LogP contribution in [-0.2, 0) is 19.3 Å². The smallest absolute Gasteiger partial charge is 0.436 e. The zero-order valence-electron chi connectivity index (χ0n) is 27.0. The lowest BCUT2D eigenvalue weighted by molar-refractivity contribution is -0.142. The van der Waals surface area contributed by atoms with Crippen LogP contribution in [0.1, 0.15) is 98.3 Å². The van der Waals surface area contributed by atoms with Crippen molar-refractivity contribution in [3.63, 3.8) is 0 Å². The van der Waals surface area contributed by atoms with E-state index in [2.05, 4.69) is 50.5 Å². The number of nitrogen functional groups attached to an aromatic ring is 1. The highest BCUT2D eigenvalue weighted by molar-refractivity contribution is 5.91. The summed E-state index contributed by atoms with van der Waals surface area (Å²) in [5.41, 5.74) is 5.44. The molecule has 0 radical (unpaired) electrons. The summed E-state index contributed by atoms with van der Waals surface area (Å²) in [5.74, 6) is -0.478. The quantitative estimate of drug-likeness (QED) is 0.115. The van der Waals surface area contributed by atoms with Gasteiger partial charge in [-0.3, -0.25) is 4.68 Å². The number of pyridine rings is 1. The molecule has 1 saturated heterocycles. The second-order valence-corrected chi connectivity index (χ2v) is 11.9. The molecule has 0 atom stereocenters. The lowest BCUT2D eigenvalue weighted by Crippen LogP contribution is -2.20. The minimum absolute atomic E-state index is 0.0450. The van der Waals surface area contributed by atoms with Gasteiger partial charge in [-0.05, 0) is 48.9 Å². The fourth-order valence-corrected chi connectivity index (χ4v) is 5.54. The third-order valence-corrected chi connectivity index (χ3v) is 8.08. The second-order valence-electron chi connectivity index (χ2n) is 11.9. The number of nitrogens with one attached hydrogen (secondary N) is 1. The van der Waals surface area contributed by atoms with Crippen LogP contribution in [-0.4, -0.2) is 55.4 Å². The van der Waals surface area contributed by atoms with Crippen LogP contribution in [0.3, 0.4) is 0 Å². The number of fused-ring (bicyclic) bond motifs is 1. The van der Waals surface area contributed by atoms with Gasteiger partial charge in [-0.15, -0.1) is 0 Å². The van der Waals surface area contributed by atoms with Gasteiger partial charge in [-0.2, -0.15) is 18.3 Å². The monoisotopic (exact) mass is 654 g/mol. The minimum Gasteiger partial charge on any atom is -0.478 e. The largest absolute Gasteiger partial charge is 0.478 e. The molecule has 1 aliphatic heterocycles. The zero-order valence-corrected chi connectivity index (χ0v) is 27.0. The van der Waals surface area contributed by atoms with Gasteiger partial charge < -0.3 is 21.1 Å². The topological polar surface area (TPSA) is 135 Å². The average Bonchev–Trinajstić information content (AvgIpc) is 3.74. The highest BCUT2D eigenvalue weighted by Crippen LogP contribution is 2.31. The van der Waals surface area contributed by atoms with Gasteiger partial charge in [0.1, 0.15) is 11.4 Å². The fourth-order valence-electron chi connectivity index (χ4n) is 5.54. The Hall–Kier alpha value is -4.26. The number of aromatic carboxylic acids is 1. The number of unbranched alkanes of at least 4 members (excludes halogenated alkanes) is 7. The van der Waals surface area contributed by atoms with E-state index < -0.39 is 23.4 Å². The maximum atomic E-state index is 12.8. The van der Waals surface area contributed by atoms with E-state index in [9.17, 15) is 18.0 Å². The molecule has 254 valence electrons. The van der Waals surface area contributed by atoms with Crippen molar-refractivity contribution in [2.24, 2.45) is 0 Å². The summed E-state index contributed by atoms with van der Waals surface area (Å²) in [6, 6.07) is 8.44. The van der Waals surface area contributed by atoms with Crippen molar-refractivity contribution in [1.82, 2.24) is 30.0 Å². The normalized spacial score (nSPS) is 13.1. The maximum absolute atomic E-state index is 12.8. The number of hydrogen-bond donors (Lipinski definition) is 3. The summed E-state index contributed by atoms with van der Waals surface area (Å²) in [6.07, 6.45) is 14.0. The molecule has 4 N–H and O–H groups in total. The number of carbonyl (C=O) groups is 1. The number of rotatable bonds is 15. The first-order valence-electron chi connectivity index (χ1n) is 16.4. The Morgan fingerprint density at radius 1 is 0.957 bits per heavy atom. The van der Waals surface area contributed by atoms with E-state index in [1.54, 1.807) is 6.20 Å². The molecular formula is C34H45F3N8O2. The summed E-state index contributed by atoms with van der Waals surface area (Å²) in [4.78, 5) is 25.5. The second kappa shape index (κ2) is 17.6. The summed E-state index contributed by atoms with van der Waals surface area (Å²) < 4.78 is 39.4. The summed E-state index contributed by atoms with van der Waals surface area (Å²) in [7, 11) is 0. The molecule has 10 nitrogen and oxygen atoms in total. The zero-order chi connectivity index (χ0) is 33.6. The highest BCUT2D eigenvalue weighted by Gasteiger charge is 2.39. The number of benzene rings is 1. The Kier molecular flexibility index (Phi) is 13.3. The lowest BCUT2D eigenvalue weighted by Gasteiger charge is -2.14. The van der Waals surface area contributed by atoms with Gasteiger partial charge in [0.25, 0.3) is 0 Å². The maximum Gasteiger partial charge on any atom is 0.436 e. The van der Waals surface area contributed by atoms with Crippen LogP contribution in [0.25, 0.3) is 10.8 Å². The van der Waals surface area contributed by atoms with Crippen LogP contribution < -0.4 is 16.0 Å². The van der Waals surface area contributed by atoms with Gasteiger partial charge in [0.2, 0.25) is 5.95 Å². The van der Waals surface area contributed by atoms with Crippen molar-refractivity contribution in [2.45, 2.75) is 90.4 Å². The average molecular weight is 655 g/mol. The molecule has 0 unspecified atom stereocenters. The molecule has 4 heterocycles. The van der Waals surface area contributed by atoms with E-state index in [0.29, 0.717) is 17.3 Å². The number of nitrogens with zero attached hydrogens (tertiary/aromatic N) is 6. The molecule has 0 saturated carbocycles. The van der Waals surface area contributed by atoms with Crippen molar-refractivity contribution in [1.29, 1.82) is 0 Å². The summed E-state index contributed by atoms with van der Waals surface area (Å²) in [6.45, 7) is 6.02. The third kappa shape index (κ3) is 10.9. The van der Waals surface area contributed by atoms with Gasteiger partial charge in [0, 0.05) is 55.4 Å². The molecule has 0 bridgehead atoms. The minimum atomic E-state index is -4.82. The van der Waals surface area contributed by atoms with Crippen LogP contribution in [0.15, 0.2) is 49.1 Å². The molecule has 4 aromatic rings. The van der Waals surface area contributed by atoms with E-state index >= 15 is 0 Å². The van der Waals surface area contributed by atoms with E-state index in [1.165, 1.54) is 74.7 Å². The number of carboxylic acid groups (broad SMARTS) is 1. The number of alkyl halides is 3. The molecule has 0 aliphatic carbocycles. The Morgan fingerprint density at radius 2 is 1.64 bits per heavy atom. The lowest BCUT2D eigenvalue weighted by atomic mass is 10.1. The first kappa shape index (κ1) is 35.6. The number of carboxylic acids is 1. The van der Waals surface area contributed by atoms with Crippen molar-refractivity contribution >= 4 is 28.5 Å². The van der Waals surface area contributed by atoms with Crippen molar-refractivity contribution in [3.8, 4) is 0 Å². The highest BCUT2D eigenvalue weighted by atomic mass is 19.4. The summed E-state index contributed by atoms with van der Waals surface area (Å²) in [5, 5.41) is 18.0. The Balaban J connectivity index is 0.000000213. The molecule has 13 heteroatoms. The van der Waals surface area contributed by atoms with Crippen molar-refractivity contribution in [2.75, 3.05) is 30.3 Å². The molecule has 0 amide bonds. The SMILES string of the molecule is CCCCCCCCCCNCc1ccc2c(N)nccc2c1.O=C(O)c1cn(Cc2cnc(N3CCCC3)nc2)nc1C(F)(F)F. The van der Waals surface area contributed by atoms with Crippen LogP contribution in [0.5, 0.6) is 0 Å². The molecule has 5 rings (SSSR count). The number of hydrogen-bond acceptors (Lipinski definition) is 8. The van der Waals surface area contributed by atoms with Gasteiger partial charge in [0.15, 0.2) is 5.69 Å². The van der Waals surface area contributed by atoms with Crippen LogP contribution in [0.4, 0.5) is 24.9 Å². The molecule has 0 spiro atoms. The van der Waals surface area contributed by atoms with Gasteiger partial charge in [-0.1, -0.05) is 64.0 Å². The Bertz CT molecular complexity index is 1550. The number of aromatic nitrogens is 5. The van der Waals surface area contributed by atoms with E-state index in [0.717, 1.165) is 55.3 Å². The Morgan fingerprint density at radius 3 is 2.28 bits per heavy atom. The molecule has 1 aliphatic rings. The molecule has 3 aromatic heterocycles.